The second-order valence-electron chi connectivity index (χ2n) is 6.52. The van der Waals surface area contributed by atoms with E-state index in [9.17, 15) is 13.2 Å². The van der Waals surface area contributed by atoms with Crippen LogP contribution in [-0.4, -0.2) is 14.3 Å². The predicted octanol–water partition coefficient (Wildman–Crippen LogP) is 6.33. The van der Waals surface area contributed by atoms with E-state index in [2.05, 4.69) is 0 Å². The highest BCUT2D eigenvalue weighted by Gasteiger charge is 2.26. The van der Waals surface area contributed by atoms with E-state index in [0.29, 0.717) is 22.3 Å². The van der Waals surface area contributed by atoms with Gasteiger partial charge >= 0.3 is 0 Å². The van der Waals surface area contributed by atoms with Crippen molar-refractivity contribution in [2.45, 2.75) is 16.5 Å². The molecule has 31 heavy (non-hydrogen) atoms. The lowest BCUT2D eigenvalue weighted by molar-refractivity contribution is 0.0953. The molecule has 0 radical (unpaired) electrons. The van der Waals surface area contributed by atoms with Gasteiger partial charge in [0, 0.05) is 20.6 Å². The van der Waals surface area contributed by atoms with Crippen LogP contribution >= 0.6 is 34.5 Å². The molecule has 0 aliphatic rings. The number of carbonyl (C=O) groups is 1. The molecule has 2 aromatic heterocycles. The fraction of sp³-hybridized carbons (Fsp3) is 0.0455. The molecule has 158 valence electrons. The van der Waals surface area contributed by atoms with E-state index in [4.69, 9.17) is 27.6 Å². The van der Waals surface area contributed by atoms with Crippen molar-refractivity contribution in [2.75, 3.05) is 4.90 Å². The van der Waals surface area contributed by atoms with Gasteiger partial charge in [0.15, 0.2) is 5.76 Å². The minimum Gasteiger partial charge on any atom is -0.439 e. The monoisotopic (exact) mass is 491 g/mol. The fourth-order valence-corrected chi connectivity index (χ4v) is 5.02. The third kappa shape index (κ3) is 4.70. The van der Waals surface area contributed by atoms with Gasteiger partial charge in [0.2, 0.25) is 14.9 Å². The Morgan fingerprint density at radius 1 is 0.903 bits per heavy atom. The van der Waals surface area contributed by atoms with Gasteiger partial charge in [0.05, 0.1) is 11.4 Å². The van der Waals surface area contributed by atoms with Crippen LogP contribution < -0.4 is 4.90 Å². The summed E-state index contributed by atoms with van der Waals surface area (Å²) < 4.78 is 31.2. The van der Waals surface area contributed by atoms with Gasteiger partial charge in [-0.1, -0.05) is 29.3 Å². The van der Waals surface area contributed by atoms with Gasteiger partial charge in [-0.2, -0.15) is 0 Å². The van der Waals surface area contributed by atoms with E-state index in [1.165, 1.54) is 52.6 Å². The number of rotatable bonds is 6. The van der Waals surface area contributed by atoms with Crippen molar-refractivity contribution in [1.29, 1.82) is 0 Å². The van der Waals surface area contributed by atoms with Crippen LogP contribution in [0.2, 0.25) is 10.0 Å². The van der Waals surface area contributed by atoms with Gasteiger partial charge in [0.25, 0.3) is 5.91 Å². The molecule has 0 N–H and O–H groups in total. The highest BCUT2D eigenvalue weighted by Crippen LogP contribution is 2.28. The number of sulfone groups is 1. The summed E-state index contributed by atoms with van der Waals surface area (Å²) in [7, 11) is -3.93. The molecule has 4 aromatic rings. The Morgan fingerprint density at radius 2 is 1.55 bits per heavy atom. The first-order valence-electron chi connectivity index (χ1n) is 9.05. The zero-order chi connectivity index (χ0) is 22.0. The number of hydrogen-bond donors (Lipinski definition) is 0. The maximum absolute atomic E-state index is 13.3. The standard InChI is InChI=1S/C22H15Cl2NO4S2/c23-15-3-7-17(8-4-15)25(14-18-2-1-13-30-18)22(26)20-11-12-21(29-20)31(27,28)19-9-5-16(24)6-10-19/h1-13H,14H2. The summed E-state index contributed by atoms with van der Waals surface area (Å²) in [6.45, 7) is 0.304. The predicted molar refractivity (Wildman–Crippen MR) is 122 cm³/mol. The zero-order valence-electron chi connectivity index (χ0n) is 15.9. The smallest absolute Gasteiger partial charge is 0.294 e. The number of carbonyl (C=O) groups excluding carboxylic acids is 1. The number of nitrogens with zero attached hydrogens (tertiary/aromatic N) is 1. The lowest BCUT2D eigenvalue weighted by Gasteiger charge is -2.21. The molecule has 0 unspecified atom stereocenters. The maximum atomic E-state index is 13.3. The minimum absolute atomic E-state index is 0.0263. The van der Waals surface area contributed by atoms with Crippen molar-refractivity contribution >= 4 is 56.0 Å². The number of hydrogen-bond acceptors (Lipinski definition) is 5. The third-order valence-electron chi connectivity index (χ3n) is 4.46. The Labute approximate surface area is 193 Å². The topological polar surface area (TPSA) is 67.6 Å². The van der Waals surface area contributed by atoms with Crippen molar-refractivity contribution < 1.29 is 17.6 Å². The molecule has 0 bridgehead atoms. The van der Waals surface area contributed by atoms with Crippen molar-refractivity contribution in [3.63, 3.8) is 0 Å². The van der Waals surface area contributed by atoms with Crippen molar-refractivity contribution in [2.24, 2.45) is 0 Å². The first kappa shape index (κ1) is 21.6. The maximum Gasteiger partial charge on any atom is 0.294 e. The Balaban J connectivity index is 1.67. The zero-order valence-corrected chi connectivity index (χ0v) is 19.0. The average Bonchev–Trinajstić information content (AvgIpc) is 3.45. The molecule has 0 atom stereocenters. The SMILES string of the molecule is O=C(c1ccc(S(=O)(=O)c2ccc(Cl)cc2)o1)N(Cc1cccs1)c1ccc(Cl)cc1. The second kappa shape index (κ2) is 8.88. The van der Waals surface area contributed by atoms with Crippen LogP contribution in [0.25, 0.3) is 0 Å². The summed E-state index contributed by atoms with van der Waals surface area (Å²) in [5, 5.41) is 2.57. The quantitative estimate of drug-likeness (QED) is 0.316. The Bertz CT molecular complexity index is 1300. The van der Waals surface area contributed by atoms with Crippen LogP contribution in [0.1, 0.15) is 15.4 Å². The summed E-state index contributed by atoms with van der Waals surface area (Å²) in [6.07, 6.45) is 0. The lowest BCUT2D eigenvalue weighted by atomic mass is 10.2. The largest absolute Gasteiger partial charge is 0.439 e. The molecule has 9 heteroatoms. The second-order valence-corrected chi connectivity index (χ2v) is 10.3. The number of benzene rings is 2. The van der Waals surface area contributed by atoms with Gasteiger partial charge in [-0.05, 0) is 72.1 Å². The van der Waals surface area contributed by atoms with Crippen molar-refractivity contribution in [3.05, 3.63) is 98.9 Å². The summed E-state index contributed by atoms with van der Waals surface area (Å²) in [5.41, 5.74) is 0.612. The van der Waals surface area contributed by atoms with Crippen LogP contribution in [0.4, 0.5) is 5.69 Å². The third-order valence-corrected chi connectivity index (χ3v) is 7.47. The number of thiophene rings is 1. The Hall–Kier alpha value is -2.58. The normalized spacial score (nSPS) is 11.4. The van der Waals surface area contributed by atoms with Crippen LogP contribution in [-0.2, 0) is 16.4 Å². The van der Waals surface area contributed by atoms with Gasteiger partial charge < -0.3 is 9.32 Å². The van der Waals surface area contributed by atoms with Crippen LogP contribution in [0.5, 0.6) is 0 Å². The van der Waals surface area contributed by atoms with E-state index in [-0.39, 0.29) is 15.7 Å². The van der Waals surface area contributed by atoms with Crippen LogP contribution in [0.3, 0.4) is 0 Å². The van der Waals surface area contributed by atoms with Gasteiger partial charge in [-0.25, -0.2) is 8.42 Å². The van der Waals surface area contributed by atoms with E-state index in [1.807, 2.05) is 17.5 Å². The molecule has 0 aliphatic carbocycles. The molecule has 2 heterocycles. The van der Waals surface area contributed by atoms with E-state index < -0.39 is 15.7 Å². The molecule has 1 amide bonds. The van der Waals surface area contributed by atoms with Gasteiger partial charge in [-0.15, -0.1) is 11.3 Å². The molecule has 4 rings (SSSR count). The first-order chi connectivity index (χ1) is 14.8. The Kier molecular flexibility index (Phi) is 6.20. The summed E-state index contributed by atoms with van der Waals surface area (Å²) >= 11 is 13.3. The van der Waals surface area contributed by atoms with Crippen molar-refractivity contribution in [1.82, 2.24) is 0 Å². The number of amides is 1. The Morgan fingerprint density at radius 3 is 2.16 bits per heavy atom. The first-order valence-corrected chi connectivity index (χ1v) is 12.2. The molecular formula is C22H15Cl2NO4S2. The molecule has 0 fully saturated rings. The summed E-state index contributed by atoms with van der Waals surface area (Å²) in [5.74, 6) is -0.549. The minimum atomic E-state index is -3.93. The number of halogens is 2. The van der Waals surface area contributed by atoms with E-state index >= 15 is 0 Å². The van der Waals surface area contributed by atoms with E-state index in [0.717, 1.165) is 4.88 Å². The lowest BCUT2D eigenvalue weighted by Crippen LogP contribution is -2.29. The molecule has 0 aliphatic heterocycles. The fourth-order valence-electron chi connectivity index (χ4n) is 2.90. The molecular weight excluding hydrogens is 477 g/mol. The van der Waals surface area contributed by atoms with E-state index in [1.54, 1.807) is 24.3 Å². The molecule has 2 aromatic carbocycles. The average molecular weight is 492 g/mol. The number of anilines is 1. The summed E-state index contributed by atoms with van der Waals surface area (Å²) in [4.78, 5) is 15.8. The molecule has 0 saturated heterocycles. The van der Waals surface area contributed by atoms with Gasteiger partial charge in [0.1, 0.15) is 0 Å². The number of furan rings is 1. The van der Waals surface area contributed by atoms with Crippen LogP contribution in [0.15, 0.2) is 92.6 Å². The van der Waals surface area contributed by atoms with Crippen molar-refractivity contribution in [3.8, 4) is 0 Å². The van der Waals surface area contributed by atoms with Crippen LogP contribution in [0, 0.1) is 0 Å². The molecule has 0 spiro atoms. The molecule has 0 saturated carbocycles. The summed E-state index contributed by atoms with van der Waals surface area (Å²) in [6, 6.07) is 19.0. The highest BCUT2D eigenvalue weighted by atomic mass is 35.5. The van der Waals surface area contributed by atoms with Gasteiger partial charge in [-0.3, -0.25) is 4.79 Å². The highest BCUT2D eigenvalue weighted by molar-refractivity contribution is 7.91. The molecule has 5 nitrogen and oxygen atoms in total.